The summed E-state index contributed by atoms with van der Waals surface area (Å²) in [6.45, 7) is 0. The predicted molar refractivity (Wildman–Crippen MR) is 139 cm³/mol. The molecule has 9 rings (SSSR count). The first-order valence-corrected chi connectivity index (χ1v) is 13.2. The molecule has 0 radical (unpaired) electrons. The van der Waals surface area contributed by atoms with Crippen LogP contribution in [0, 0.1) is 0 Å². The van der Waals surface area contributed by atoms with Gasteiger partial charge in [-0.15, -0.1) is 9.13 Å². The van der Waals surface area contributed by atoms with E-state index in [2.05, 4.69) is 106 Å². The van der Waals surface area contributed by atoms with Gasteiger partial charge in [0, 0.05) is 24.3 Å². The molecule has 1 atom stereocenters. The van der Waals surface area contributed by atoms with Gasteiger partial charge in [0.25, 0.3) is 0 Å². The number of benzene rings is 3. The summed E-state index contributed by atoms with van der Waals surface area (Å²) >= 11 is 0. The van der Waals surface area contributed by atoms with Crippen molar-refractivity contribution < 1.29 is 9.13 Å². The largest absolute Gasteiger partial charge is 0.393 e. The van der Waals surface area contributed by atoms with E-state index in [1.807, 2.05) is 0 Å². The Morgan fingerprint density at radius 3 is 2.14 bits per heavy atom. The van der Waals surface area contributed by atoms with Crippen LogP contribution >= 0.6 is 0 Å². The van der Waals surface area contributed by atoms with Crippen LogP contribution in [0.25, 0.3) is 11.1 Å². The molecule has 0 saturated carbocycles. The van der Waals surface area contributed by atoms with Crippen molar-refractivity contribution in [1.29, 1.82) is 0 Å². The number of nitrogens with zero attached hydrogens (tertiary/aromatic N) is 2. The van der Waals surface area contributed by atoms with Gasteiger partial charge in [0.05, 0.1) is 19.3 Å². The number of hydrogen-bond acceptors (Lipinski definition) is 0. The van der Waals surface area contributed by atoms with Gasteiger partial charge in [0.15, 0.2) is 23.3 Å². The number of aromatic nitrogens is 2. The van der Waals surface area contributed by atoms with Crippen molar-refractivity contribution in [2.75, 3.05) is 0 Å². The van der Waals surface area contributed by atoms with E-state index in [4.69, 9.17) is 0 Å². The van der Waals surface area contributed by atoms with Crippen molar-refractivity contribution in [1.82, 2.24) is 0 Å². The van der Waals surface area contributed by atoms with Crippen molar-refractivity contribution in [2.24, 2.45) is 0 Å². The molecule has 4 aliphatic rings. The van der Waals surface area contributed by atoms with Crippen LogP contribution in [0.2, 0.25) is 0 Å². The standard InChI is InChI=1S/C34H26N2/c1-2-10-24-21-34-33-25(17-28-13-7-12-27(36(28)34)16-22(24)8-1)19-30-29-14-4-3-9-23(29)18-31(30)32(33)20-26-11-5-6-15-35(26)34/h1-15,19H,16-18,20-21H2/q+2. The molecule has 2 aromatic heterocycles. The summed E-state index contributed by atoms with van der Waals surface area (Å²) in [5, 5.41) is 0. The first kappa shape index (κ1) is 19.2. The fourth-order valence-electron chi connectivity index (χ4n) is 7.91. The molecule has 0 fully saturated rings. The van der Waals surface area contributed by atoms with Crippen molar-refractivity contribution in [3.05, 3.63) is 153 Å². The molecule has 1 spiro atoms. The maximum atomic E-state index is 2.73. The Hall–Kier alpha value is -4.04. The van der Waals surface area contributed by atoms with Gasteiger partial charge >= 0.3 is 5.66 Å². The Morgan fingerprint density at radius 2 is 1.25 bits per heavy atom. The van der Waals surface area contributed by atoms with E-state index in [0.717, 1.165) is 32.1 Å². The SMILES string of the molecule is c1ccc2c(c1)Cc1cccc3[n+]1C1(C2)c2c(cc4c(c2Cc2cccc[n+]21)Cc1ccccc1-4)C3. The highest BCUT2D eigenvalue weighted by Crippen LogP contribution is 2.47. The van der Waals surface area contributed by atoms with E-state index >= 15 is 0 Å². The minimum absolute atomic E-state index is 0.278. The third-order valence-corrected chi connectivity index (χ3v) is 9.23. The molecule has 3 aliphatic heterocycles. The Bertz CT molecular complexity index is 1780. The van der Waals surface area contributed by atoms with Gasteiger partial charge in [0.2, 0.25) is 0 Å². The number of pyridine rings is 2. The maximum absolute atomic E-state index is 2.73. The van der Waals surface area contributed by atoms with Crippen LogP contribution in [-0.4, -0.2) is 0 Å². The molecule has 5 aromatic rings. The Morgan fingerprint density at radius 1 is 0.528 bits per heavy atom. The third kappa shape index (κ3) is 2.24. The van der Waals surface area contributed by atoms with E-state index in [0.29, 0.717) is 0 Å². The lowest BCUT2D eigenvalue weighted by molar-refractivity contribution is -0.992. The molecule has 36 heavy (non-hydrogen) atoms. The topological polar surface area (TPSA) is 7.76 Å². The van der Waals surface area contributed by atoms with Crippen LogP contribution in [0.1, 0.15) is 56.0 Å². The summed E-state index contributed by atoms with van der Waals surface area (Å²) in [6, 6.07) is 34.5. The lowest BCUT2D eigenvalue weighted by Crippen LogP contribution is -2.80. The van der Waals surface area contributed by atoms with Gasteiger partial charge in [-0.05, 0) is 63.1 Å². The van der Waals surface area contributed by atoms with Crippen LogP contribution in [0.15, 0.2) is 97.2 Å². The number of rotatable bonds is 0. The zero-order chi connectivity index (χ0) is 23.4. The first-order valence-electron chi connectivity index (χ1n) is 13.2. The highest BCUT2D eigenvalue weighted by atomic mass is 15.3. The summed E-state index contributed by atoms with van der Waals surface area (Å²) in [5.74, 6) is 0. The summed E-state index contributed by atoms with van der Waals surface area (Å²) in [6.07, 6.45) is 7.35. The molecular formula is C34H26N2+2. The molecule has 170 valence electrons. The third-order valence-electron chi connectivity index (χ3n) is 9.23. The van der Waals surface area contributed by atoms with Gasteiger partial charge in [0.1, 0.15) is 12.0 Å². The summed E-state index contributed by atoms with van der Waals surface area (Å²) in [4.78, 5) is 0. The second kappa shape index (κ2) is 6.59. The van der Waals surface area contributed by atoms with Crippen LogP contribution in [0.4, 0.5) is 0 Å². The smallest absolute Gasteiger partial charge is 0.134 e. The zero-order valence-corrected chi connectivity index (χ0v) is 20.2. The van der Waals surface area contributed by atoms with Crippen LogP contribution in [0.5, 0.6) is 0 Å². The molecule has 0 N–H and O–H groups in total. The van der Waals surface area contributed by atoms with E-state index in [1.54, 1.807) is 16.7 Å². The number of fused-ring (bicyclic) bond motifs is 6. The Labute approximate surface area is 211 Å². The fraction of sp³-hybridized carbons (Fsp3) is 0.176. The zero-order valence-electron chi connectivity index (χ0n) is 20.2. The van der Waals surface area contributed by atoms with Crippen molar-refractivity contribution in [3.8, 4) is 11.1 Å². The highest BCUT2D eigenvalue weighted by Gasteiger charge is 2.63. The van der Waals surface area contributed by atoms with Crippen molar-refractivity contribution >= 4 is 0 Å². The van der Waals surface area contributed by atoms with E-state index in [1.165, 1.54) is 50.5 Å². The average Bonchev–Trinajstić information content (AvgIpc) is 3.21. The molecule has 0 amide bonds. The van der Waals surface area contributed by atoms with Crippen LogP contribution in [0.3, 0.4) is 0 Å². The monoisotopic (exact) mass is 462 g/mol. The van der Waals surface area contributed by atoms with Gasteiger partial charge < -0.3 is 0 Å². The second-order valence-corrected chi connectivity index (χ2v) is 10.9. The minimum atomic E-state index is -0.278. The van der Waals surface area contributed by atoms with E-state index in [9.17, 15) is 0 Å². The lowest BCUT2D eigenvalue weighted by atomic mass is 9.74. The molecule has 1 unspecified atom stereocenters. The summed E-state index contributed by atoms with van der Waals surface area (Å²) in [5.41, 5.74) is 17.5. The molecular weight excluding hydrogens is 436 g/mol. The van der Waals surface area contributed by atoms with Crippen molar-refractivity contribution in [2.45, 2.75) is 37.8 Å². The van der Waals surface area contributed by atoms with Gasteiger partial charge in [-0.2, -0.15) is 0 Å². The first-order chi connectivity index (χ1) is 17.8. The fourth-order valence-corrected chi connectivity index (χ4v) is 7.91. The highest BCUT2D eigenvalue weighted by molar-refractivity contribution is 5.80. The molecule has 0 bridgehead atoms. The molecule has 2 heteroatoms. The molecule has 1 aliphatic carbocycles. The average molecular weight is 463 g/mol. The minimum Gasteiger partial charge on any atom is -0.134 e. The molecule has 0 saturated heterocycles. The van der Waals surface area contributed by atoms with Crippen LogP contribution < -0.4 is 9.13 Å². The van der Waals surface area contributed by atoms with Gasteiger partial charge in [-0.3, -0.25) is 0 Å². The maximum Gasteiger partial charge on any atom is 0.393 e. The van der Waals surface area contributed by atoms with Crippen LogP contribution in [-0.2, 0) is 37.8 Å². The normalized spacial score (nSPS) is 19.2. The van der Waals surface area contributed by atoms with E-state index < -0.39 is 0 Å². The van der Waals surface area contributed by atoms with Gasteiger partial charge in [-0.25, -0.2) is 0 Å². The quantitative estimate of drug-likeness (QED) is 0.280. The molecule has 2 nitrogen and oxygen atoms in total. The number of hydrogen-bond donors (Lipinski definition) is 0. The lowest BCUT2D eigenvalue weighted by Gasteiger charge is -2.36. The summed E-state index contributed by atoms with van der Waals surface area (Å²) in [7, 11) is 0. The summed E-state index contributed by atoms with van der Waals surface area (Å²) < 4.78 is 5.36. The van der Waals surface area contributed by atoms with Gasteiger partial charge in [-0.1, -0.05) is 54.6 Å². The molecule has 5 heterocycles. The van der Waals surface area contributed by atoms with Crippen molar-refractivity contribution in [3.63, 3.8) is 0 Å². The Balaban J connectivity index is 1.46. The Kier molecular flexibility index (Phi) is 3.51. The molecule has 3 aromatic carbocycles. The second-order valence-electron chi connectivity index (χ2n) is 10.9. The van der Waals surface area contributed by atoms with E-state index in [-0.39, 0.29) is 5.66 Å². The predicted octanol–water partition coefficient (Wildman–Crippen LogP) is 5.04.